The van der Waals surface area contributed by atoms with Gasteiger partial charge in [0.05, 0.1) is 6.61 Å². The van der Waals surface area contributed by atoms with Crippen molar-refractivity contribution in [2.45, 2.75) is 18.9 Å². The van der Waals surface area contributed by atoms with Crippen molar-refractivity contribution in [3.8, 4) is 0 Å². The molecule has 1 fully saturated rings. The SMILES string of the molecule is OOCC1CCCN1. The van der Waals surface area contributed by atoms with E-state index in [0.717, 1.165) is 13.0 Å². The summed E-state index contributed by atoms with van der Waals surface area (Å²) in [6, 6.07) is 0.389. The second kappa shape index (κ2) is 3.02. The molecule has 1 saturated heterocycles. The van der Waals surface area contributed by atoms with E-state index in [2.05, 4.69) is 10.2 Å². The van der Waals surface area contributed by atoms with Gasteiger partial charge in [-0.1, -0.05) is 0 Å². The van der Waals surface area contributed by atoms with Crippen LogP contribution in [0.2, 0.25) is 0 Å². The van der Waals surface area contributed by atoms with Gasteiger partial charge in [-0.3, -0.25) is 5.26 Å². The fraction of sp³-hybridized carbons (Fsp3) is 1.00. The van der Waals surface area contributed by atoms with Gasteiger partial charge in [0, 0.05) is 6.04 Å². The molecule has 1 rings (SSSR count). The van der Waals surface area contributed by atoms with Crippen molar-refractivity contribution < 1.29 is 10.1 Å². The van der Waals surface area contributed by atoms with E-state index < -0.39 is 0 Å². The van der Waals surface area contributed by atoms with Crippen LogP contribution in [0.25, 0.3) is 0 Å². The predicted molar refractivity (Wildman–Crippen MR) is 29.6 cm³/mol. The molecule has 1 aliphatic rings. The molecule has 3 nitrogen and oxygen atoms in total. The van der Waals surface area contributed by atoms with Crippen LogP contribution in [-0.2, 0) is 4.89 Å². The molecule has 1 atom stereocenters. The number of hydrogen-bond acceptors (Lipinski definition) is 3. The van der Waals surface area contributed by atoms with Crippen molar-refractivity contribution in [3.05, 3.63) is 0 Å². The van der Waals surface area contributed by atoms with Gasteiger partial charge in [-0.15, -0.1) is 0 Å². The van der Waals surface area contributed by atoms with Crippen molar-refractivity contribution >= 4 is 0 Å². The summed E-state index contributed by atoms with van der Waals surface area (Å²) in [5, 5.41) is 11.2. The van der Waals surface area contributed by atoms with Crippen LogP contribution in [-0.4, -0.2) is 24.5 Å². The average molecular weight is 117 g/mol. The van der Waals surface area contributed by atoms with Crippen molar-refractivity contribution in [1.29, 1.82) is 0 Å². The molecule has 48 valence electrons. The highest BCUT2D eigenvalue weighted by molar-refractivity contribution is 4.72. The van der Waals surface area contributed by atoms with Gasteiger partial charge in [0.25, 0.3) is 0 Å². The van der Waals surface area contributed by atoms with E-state index in [0.29, 0.717) is 12.6 Å². The van der Waals surface area contributed by atoms with Gasteiger partial charge in [-0.25, -0.2) is 4.89 Å². The molecule has 2 N–H and O–H groups in total. The molecule has 0 aromatic rings. The molecule has 0 saturated carbocycles. The van der Waals surface area contributed by atoms with E-state index in [4.69, 9.17) is 5.26 Å². The van der Waals surface area contributed by atoms with Crippen LogP contribution in [0, 0.1) is 0 Å². The first-order chi connectivity index (χ1) is 3.93. The van der Waals surface area contributed by atoms with Crippen LogP contribution in [0.4, 0.5) is 0 Å². The minimum Gasteiger partial charge on any atom is -0.312 e. The minimum absolute atomic E-state index is 0.389. The maximum absolute atomic E-state index is 7.99. The van der Waals surface area contributed by atoms with Crippen molar-refractivity contribution in [2.24, 2.45) is 0 Å². The standard InChI is InChI=1S/C5H11NO2/c7-8-4-5-2-1-3-6-5/h5-7H,1-4H2. The summed E-state index contributed by atoms with van der Waals surface area (Å²) in [5.41, 5.74) is 0. The second-order valence-corrected chi connectivity index (χ2v) is 2.09. The molecule has 0 amide bonds. The van der Waals surface area contributed by atoms with Gasteiger partial charge >= 0.3 is 0 Å². The molecule has 0 aromatic heterocycles. The third kappa shape index (κ3) is 1.43. The van der Waals surface area contributed by atoms with Crippen LogP contribution in [0.3, 0.4) is 0 Å². The Hall–Kier alpha value is -0.120. The Labute approximate surface area is 48.6 Å². The molecular weight excluding hydrogens is 106 g/mol. The normalized spacial score (nSPS) is 28.9. The van der Waals surface area contributed by atoms with E-state index in [-0.39, 0.29) is 0 Å². The van der Waals surface area contributed by atoms with Crippen molar-refractivity contribution in [1.82, 2.24) is 5.32 Å². The Kier molecular flexibility index (Phi) is 2.27. The largest absolute Gasteiger partial charge is 0.312 e. The zero-order chi connectivity index (χ0) is 5.82. The zero-order valence-electron chi connectivity index (χ0n) is 4.76. The molecule has 0 aliphatic carbocycles. The molecule has 0 aromatic carbocycles. The predicted octanol–water partition coefficient (Wildman–Crippen LogP) is 0.228. The average Bonchev–Trinajstić information content (AvgIpc) is 2.19. The van der Waals surface area contributed by atoms with Crippen LogP contribution in [0.15, 0.2) is 0 Å². The first kappa shape index (κ1) is 6.01. The highest BCUT2D eigenvalue weighted by Gasteiger charge is 2.12. The van der Waals surface area contributed by atoms with E-state index in [1.165, 1.54) is 6.42 Å². The molecule has 3 heteroatoms. The molecule has 1 unspecified atom stereocenters. The summed E-state index contributed by atoms with van der Waals surface area (Å²) in [4.78, 5) is 3.96. The van der Waals surface area contributed by atoms with Crippen LogP contribution >= 0.6 is 0 Å². The molecule has 0 bridgehead atoms. The van der Waals surface area contributed by atoms with Crippen molar-refractivity contribution in [2.75, 3.05) is 13.2 Å². The van der Waals surface area contributed by atoms with E-state index in [1.54, 1.807) is 0 Å². The molecule has 0 spiro atoms. The van der Waals surface area contributed by atoms with Gasteiger partial charge in [0.15, 0.2) is 0 Å². The molecule has 8 heavy (non-hydrogen) atoms. The Morgan fingerprint density at radius 3 is 3.12 bits per heavy atom. The maximum atomic E-state index is 7.99. The zero-order valence-corrected chi connectivity index (χ0v) is 4.76. The third-order valence-corrected chi connectivity index (χ3v) is 1.44. The number of nitrogens with one attached hydrogen (secondary N) is 1. The lowest BCUT2D eigenvalue weighted by Crippen LogP contribution is -2.25. The Bertz CT molecular complexity index is 61.4. The maximum Gasteiger partial charge on any atom is 0.0972 e. The minimum atomic E-state index is 0.389. The second-order valence-electron chi connectivity index (χ2n) is 2.09. The number of hydrogen-bond donors (Lipinski definition) is 2. The topological polar surface area (TPSA) is 41.5 Å². The first-order valence-corrected chi connectivity index (χ1v) is 2.93. The van der Waals surface area contributed by atoms with Crippen LogP contribution in [0.5, 0.6) is 0 Å². The van der Waals surface area contributed by atoms with Gasteiger partial charge in [0.1, 0.15) is 0 Å². The molecule has 1 heterocycles. The third-order valence-electron chi connectivity index (χ3n) is 1.44. The van der Waals surface area contributed by atoms with Crippen molar-refractivity contribution in [3.63, 3.8) is 0 Å². The number of rotatable bonds is 2. The molecular formula is C5H11NO2. The van der Waals surface area contributed by atoms with Gasteiger partial charge in [-0.05, 0) is 19.4 Å². The summed E-state index contributed by atoms with van der Waals surface area (Å²) in [6.45, 7) is 1.49. The van der Waals surface area contributed by atoms with Crippen LogP contribution in [0.1, 0.15) is 12.8 Å². The molecule has 0 radical (unpaired) electrons. The summed E-state index contributed by atoms with van der Waals surface area (Å²) >= 11 is 0. The monoisotopic (exact) mass is 117 g/mol. The highest BCUT2D eigenvalue weighted by atomic mass is 17.1. The first-order valence-electron chi connectivity index (χ1n) is 2.93. The Morgan fingerprint density at radius 2 is 2.62 bits per heavy atom. The van der Waals surface area contributed by atoms with E-state index >= 15 is 0 Å². The van der Waals surface area contributed by atoms with Crippen LogP contribution < -0.4 is 5.32 Å². The summed E-state index contributed by atoms with van der Waals surface area (Å²) in [6.07, 6.45) is 2.33. The molecule has 1 aliphatic heterocycles. The lowest BCUT2D eigenvalue weighted by molar-refractivity contribution is -0.245. The lowest BCUT2D eigenvalue weighted by Gasteiger charge is -2.04. The Balaban J connectivity index is 2.06. The summed E-state index contributed by atoms with van der Waals surface area (Å²) in [5.74, 6) is 0. The smallest absolute Gasteiger partial charge is 0.0972 e. The fourth-order valence-electron chi connectivity index (χ4n) is 0.989. The highest BCUT2D eigenvalue weighted by Crippen LogP contribution is 2.03. The van der Waals surface area contributed by atoms with Gasteiger partial charge < -0.3 is 5.32 Å². The van der Waals surface area contributed by atoms with Gasteiger partial charge in [0.2, 0.25) is 0 Å². The lowest BCUT2D eigenvalue weighted by atomic mass is 10.2. The fourth-order valence-corrected chi connectivity index (χ4v) is 0.989. The Morgan fingerprint density at radius 1 is 1.75 bits per heavy atom. The quantitative estimate of drug-likeness (QED) is 0.402. The van der Waals surface area contributed by atoms with E-state index in [9.17, 15) is 0 Å². The summed E-state index contributed by atoms with van der Waals surface area (Å²) in [7, 11) is 0. The van der Waals surface area contributed by atoms with Gasteiger partial charge in [-0.2, -0.15) is 0 Å². The van der Waals surface area contributed by atoms with E-state index in [1.807, 2.05) is 0 Å². The summed E-state index contributed by atoms with van der Waals surface area (Å²) < 4.78 is 0.